The molecule has 0 atom stereocenters. The Balaban J connectivity index is 1.60. The lowest BCUT2D eigenvalue weighted by Crippen LogP contribution is -2.04. The van der Waals surface area contributed by atoms with Crippen LogP contribution in [0, 0.1) is 17.0 Å². The summed E-state index contributed by atoms with van der Waals surface area (Å²) < 4.78 is 17.6. The molecule has 0 radical (unpaired) electrons. The van der Waals surface area contributed by atoms with Gasteiger partial charge in [0.15, 0.2) is 11.5 Å². The first-order valence-corrected chi connectivity index (χ1v) is 7.92. The van der Waals surface area contributed by atoms with Crippen LogP contribution >= 0.6 is 15.9 Å². The Morgan fingerprint density at radius 2 is 2.16 bits per heavy atom. The summed E-state index contributed by atoms with van der Waals surface area (Å²) in [4.78, 5) is 14.7. The van der Waals surface area contributed by atoms with Gasteiger partial charge in [-0.05, 0) is 46.0 Å². The highest BCUT2D eigenvalue weighted by Crippen LogP contribution is 2.35. The molecule has 11 heteroatoms. The smallest absolute Gasteiger partial charge is 0.404 e. The van der Waals surface area contributed by atoms with E-state index in [1.54, 1.807) is 25.1 Å². The van der Waals surface area contributed by atoms with Gasteiger partial charge in [0.25, 0.3) is 5.89 Å². The molecule has 0 aliphatic carbocycles. The highest BCUT2D eigenvalue weighted by molar-refractivity contribution is 9.10. The van der Waals surface area contributed by atoms with Crippen LogP contribution in [0.1, 0.15) is 11.6 Å². The standard InChI is InChI=1S/C14H10BrN5O5/c1-7-12(15)14(20(21)22)17-19(7)5-11-16-13(18-25-11)8-2-3-9-10(4-8)24-6-23-9/h2-4H,5-6H2,1H3. The van der Waals surface area contributed by atoms with Crippen molar-refractivity contribution in [2.75, 3.05) is 6.79 Å². The number of hydrogen-bond acceptors (Lipinski definition) is 8. The Labute approximate surface area is 148 Å². The second kappa shape index (κ2) is 5.84. The Morgan fingerprint density at radius 1 is 1.36 bits per heavy atom. The van der Waals surface area contributed by atoms with E-state index < -0.39 is 4.92 Å². The van der Waals surface area contributed by atoms with Gasteiger partial charge in [-0.15, -0.1) is 0 Å². The van der Waals surface area contributed by atoms with Crippen LogP contribution in [0.25, 0.3) is 11.4 Å². The Hall–Kier alpha value is -2.95. The number of ether oxygens (including phenoxy) is 2. The highest BCUT2D eigenvalue weighted by atomic mass is 79.9. The molecule has 2 aromatic heterocycles. The quantitative estimate of drug-likeness (QED) is 0.478. The van der Waals surface area contributed by atoms with E-state index in [-0.39, 0.29) is 25.0 Å². The lowest BCUT2D eigenvalue weighted by atomic mass is 10.2. The van der Waals surface area contributed by atoms with Crippen molar-refractivity contribution in [1.29, 1.82) is 0 Å². The molecule has 0 bridgehead atoms. The predicted octanol–water partition coefficient (Wildman–Crippen LogP) is 2.69. The lowest BCUT2D eigenvalue weighted by Gasteiger charge is -1.97. The van der Waals surface area contributed by atoms with Crippen molar-refractivity contribution in [1.82, 2.24) is 19.9 Å². The molecular weight excluding hydrogens is 398 g/mol. The number of halogens is 1. The van der Waals surface area contributed by atoms with Gasteiger partial charge in [-0.1, -0.05) is 5.16 Å². The Morgan fingerprint density at radius 3 is 2.92 bits per heavy atom. The van der Waals surface area contributed by atoms with E-state index in [1.165, 1.54) is 4.68 Å². The number of rotatable bonds is 4. The fourth-order valence-corrected chi connectivity index (χ4v) is 2.81. The van der Waals surface area contributed by atoms with Gasteiger partial charge in [-0.3, -0.25) is 0 Å². The van der Waals surface area contributed by atoms with E-state index in [0.717, 1.165) is 0 Å². The monoisotopic (exact) mass is 407 g/mol. The van der Waals surface area contributed by atoms with Crippen LogP contribution in [-0.2, 0) is 6.54 Å². The topological polar surface area (TPSA) is 118 Å². The maximum absolute atomic E-state index is 10.9. The summed E-state index contributed by atoms with van der Waals surface area (Å²) in [5.41, 5.74) is 1.30. The summed E-state index contributed by atoms with van der Waals surface area (Å²) >= 11 is 3.17. The number of fused-ring (bicyclic) bond motifs is 1. The third kappa shape index (κ3) is 2.71. The molecule has 1 aliphatic rings. The molecule has 25 heavy (non-hydrogen) atoms. The SMILES string of the molecule is Cc1c(Br)c([N+](=O)[O-])nn1Cc1nc(-c2ccc3c(c2)OCO3)no1. The van der Waals surface area contributed by atoms with Crippen LogP contribution < -0.4 is 9.47 Å². The summed E-state index contributed by atoms with van der Waals surface area (Å²) in [7, 11) is 0. The van der Waals surface area contributed by atoms with Gasteiger partial charge in [-0.2, -0.15) is 9.67 Å². The van der Waals surface area contributed by atoms with E-state index in [9.17, 15) is 10.1 Å². The molecule has 0 saturated heterocycles. The van der Waals surface area contributed by atoms with Gasteiger partial charge < -0.3 is 24.1 Å². The van der Waals surface area contributed by atoms with Gasteiger partial charge in [0.2, 0.25) is 12.6 Å². The maximum atomic E-state index is 10.9. The van der Waals surface area contributed by atoms with Crippen molar-refractivity contribution in [3.8, 4) is 22.9 Å². The molecule has 0 N–H and O–H groups in total. The summed E-state index contributed by atoms with van der Waals surface area (Å²) in [5, 5.41) is 18.8. The third-order valence-electron chi connectivity index (χ3n) is 3.67. The minimum Gasteiger partial charge on any atom is -0.454 e. The fourth-order valence-electron chi connectivity index (χ4n) is 2.38. The zero-order chi connectivity index (χ0) is 17.6. The van der Waals surface area contributed by atoms with Crippen LogP contribution in [-0.4, -0.2) is 31.6 Å². The third-order valence-corrected chi connectivity index (χ3v) is 4.60. The number of benzene rings is 1. The van der Waals surface area contributed by atoms with Crippen LogP contribution in [0.2, 0.25) is 0 Å². The minimum absolute atomic E-state index is 0.121. The predicted molar refractivity (Wildman–Crippen MR) is 86.3 cm³/mol. The molecule has 128 valence electrons. The average molecular weight is 408 g/mol. The molecule has 0 saturated carbocycles. The van der Waals surface area contributed by atoms with Gasteiger partial charge in [-0.25, -0.2) is 0 Å². The molecule has 3 heterocycles. The molecule has 1 aliphatic heterocycles. The van der Waals surface area contributed by atoms with E-state index in [0.29, 0.717) is 33.1 Å². The van der Waals surface area contributed by atoms with Crippen molar-refractivity contribution >= 4 is 21.7 Å². The van der Waals surface area contributed by atoms with Crippen molar-refractivity contribution in [3.05, 3.63) is 44.4 Å². The Kier molecular flexibility index (Phi) is 3.64. The Bertz CT molecular complexity index is 982. The highest BCUT2D eigenvalue weighted by Gasteiger charge is 2.25. The molecule has 10 nitrogen and oxygen atoms in total. The van der Waals surface area contributed by atoms with E-state index in [4.69, 9.17) is 14.0 Å². The van der Waals surface area contributed by atoms with Crippen LogP contribution in [0.5, 0.6) is 11.5 Å². The molecule has 0 spiro atoms. The average Bonchev–Trinajstić information content (AvgIpc) is 3.30. The molecule has 4 rings (SSSR count). The van der Waals surface area contributed by atoms with E-state index >= 15 is 0 Å². The zero-order valence-electron chi connectivity index (χ0n) is 12.8. The summed E-state index contributed by atoms with van der Waals surface area (Å²) in [6, 6.07) is 5.33. The van der Waals surface area contributed by atoms with E-state index in [2.05, 4.69) is 31.2 Å². The first-order valence-electron chi connectivity index (χ1n) is 7.13. The second-order valence-corrected chi connectivity index (χ2v) is 6.01. The van der Waals surface area contributed by atoms with Gasteiger partial charge >= 0.3 is 5.82 Å². The zero-order valence-corrected chi connectivity index (χ0v) is 14.4. The largest absolute Gasteiger partial charge is 0.454 e. The first-order chi connectivity index (χ1) is 12.0. The van der Waals surface area contributed by atoms with Crippen molar-refractivity contribution in [2.24, 2.45) is 0 Å². The lowest BCUT2D eigenvalue weighted by molar-refractivity contribution is -0.390. The van der Waals surface area contributed by atoms with Crippen LogP contribution in [0.4, 0.5) is 5.82 Å². The number of hydrogen-bond donors (Lipinski definition) is 0. The minimum atomic E-state index is -0.556. The number of nitrogens with zero attached hydrogens (tertiary/aromatic N) is 5. The summed E-state index contributed by atoms with van der Waals surface area (Å²) in [6.45, 7) is 2.01. The van der Waals surface area contributed by atoms with E-state index in [1.807, 2.05) is 0 Å². The van der Waals surface area contributed by atoms with Crippen molar-refractivity contribution < 1.29 is 18.9 Å². The molecule has 0 amide bonds. The maximum Gasteiger partial charge on any atom is 0.404 e. The normalized spacial score (nSPS) is 12.6. The van der Waals surface area contributed by atoms with Gasteiger partial charge in [0.05, 0.1) is 10.8 Å². The van der Waals surface area contributed by atoms with Crippen molar-refractivity contribution in [2.45, 2.75) is 13.5 Å². The second-order valence-electron chi connectivity index (χ2n) is 5.22. The molecule has 0 unspecified atom stereocenters. The molecule has 1 aromatic carbocycles. The van der Waals surface area contributed by atoms with Crippen LogP contribution in [0.3, 0.4) is 0 Å². The number of aromatic nitrogens is 4. The van der Waals surface area contributed by atoms with Crippen molar-refractivity contribution in [3.63, 3.8) is 0 Å². The number of nitro groups is 1. The molecule has 0 fully saturated rings. The van der Waals surface area contributed by atoms with Gasteiger partial charge in [0.1, 0.15) is 11.0 Å². The summed E-state index contributed by atoms with van der Waals surface area (Å²) in [5.74, 6) is 1.68. The van der Waals surface area contributed by atoms with Gasteiger partial charge in [0, 0.05) is 5.56 Å². The van der Waals surface area contributed by atoms with Crippen LogP contribution in [0.15, 0.2) is 27.2 Å². The molecular formula is C14H10BrN5O5. The molecule has 3 aromatic rings. The fraction of sp³-hybridized carbons (Fsp3) is 0.214. The summed E-state index contributed by atoms with van der Waals surface area (Å²) in [6.07, 6.45) is 0. The first kappa shape index (κ1) is 15.6.